The molecular formula is C34H40N4O4S. The summed E-state index contributed by atoms with van der Waals surface area (Å²) < 4.78 is -1.59. The maximum absolute atomic E-state index is 14.7. The van der Waals surface area contributed by atoms with E-state index in [1.807, 2.05) is 79.7 Å². The van der Waals surface area contributed by atoms with E-state index in [0.717, 1.165) is 30.2 Å². The third-order valence-corrected chi connectivity index (χ3v) is 11.3. The Hall–Kier alpha value is -3.56. The van der Waals surface area contributed by atoms with Gasteiger partial charge in [-0.3, -0.25) is 14.4 Å². The van der Waals surface area contributed by atoms with E-state index in [-0.39, 0.29) is 30.9 Å². The average Bonchev–Trinajstić information content (AvgIpc) is 3.28. The largest absolute Gasteiger partial charge is 0.396 e. The van der Waals surface area contributed by atoms with Crippen LogP contribution in [-0.2, 0) is 14.4 Å². The molecule has 1 unspecified atom stereocenters. The fourth-order valence-corrected chi connectivity index (χ4v) is 9.66. The van der Waals surface area contributed by atoms with Gasteiger partial charge in [-0.05, 0) is 63.6 Å². The first kappa shape index (κ1) is 29.5. The number of fused-ring (bicyclic) bond motifs is 2. The zero-order chi connectivity index (χ0) is 30.4. The van der Waals surface area contributed by atoms with Gasteiger partial charge in [0.1, 0.15) is 6.04 Å². The molecule has 9 heteroatoms. The first-order chi connectivity index (χ1) is 20.8. The average molecular weight is 601 g/mol. The summed E-state index contributed by atoms with van der Waals surface area (Å²) in [5.74, 6) is -1.80. The Bertz CT molecular complexity index is 1440. The van der Waals surface area contributed by atoms with Gasteiger partial charge in [0.2, 0.25) is 11.8 Å². The molecule has 2 aromatic carbocycles. The quantitative estimate of drug-likeness (QED) is 0.460. The summed E-state index contributed by atoms with van der Waals surface area (Å²) in [5, 5.41) is 9.72. The molecule has 0 saturated carbocycles. The second-order valence-corrected chi connectivity index (χ2v) is 13.6. The second kappa shape index (κ2) is 11.5. The molecule has 2 aromatic rings. The number of rotatable bonds is 8. The molecule has 5 atom stereocenters. The van der Waals surface area contributed by atoms with E-state index in [0.29, 0.717) is 19.5 Å². The van der Waals surface area contributed by atoms with Crippen molar-refractivity contribution in [1.82, 2.24) is 4.90 Å². The molecule has 4 aliphatic rings. The molecule has 1 N–H and O–H groups in total. The lowest BCUT2D eigenvalue weighted by molar-refractivity contribution is -0.139. The van der Waals surface area contributed by atoms with Crippen LogP contribution in [0.5, 0.6) is 0 Å². The zero-order valence-corrected chi connectivity index (χ0v) is 25.9. The topological polar surface area (TPSA) is 84.4 Å². The molecule has 43 heavy (non-hydrogen) atoms. The van der Waals surface area contributed by atoms with Gasteiger partial charge in [0.15, 0.2) is 0 Å². The highest BCUT2D eigenvalue weighted by Gasteiger charge is 2.73. The Morgan fingerprint density at radius 3 is 2.12 bits per heavy atom. The van der Waals surface area contributed by atoms with Crippen molar-refractivity contribution in [3.63, 3.8) is 0 Å². The first-order valence-corrected chi connectivity index (χ1v) is 16.1. The highest BCUT2D eigenvalue weighted by Crippen LogP contribution is 2.65. The van der Waals surface area contributed by atoms with Gasteiger partial charge in [-0.1, -0.05) is 42.5 Å². The highest BCUT2D eigenvalue weighted by molar-refractivity contribution is 8.02. The SMILES string of the molecule is CCN(CC)c1ccc(N2CC=C[C@]34S[C@]5(C)C=CCN(c6ccccc6)C(=O)[C@@H]5[C@H]3C(=O)N(CCCO)C4C2=O)cc1. The van der Waals surface area contributed by atoms with Gasteiger partial charge < -0.3 is 24.7 Å². The molecule has 6 rings (SSSR count). The van der Waals surface area contributed by atoms with E-state index in [1.165, 1.54) is 0 Å². The van der Waals surface area contributed by atoms with E-state index in [1.54, 1.807) is 26.5 Å². The summed E-state index contributed by atoms with van der Waals surface area (Å²) in [7, 11) is 0. The molecule has 8 nitrogen and oxygen atoms in total. The summed E-state index contributed by atoms with van der Waals surface area (Å²) in [6.07, 6.45) is 8.49. The summed E-state index contributed by atoms with van der Waals surface area (Å²) >= 11 is 1.58. The number of nitrogens with zero attached hydrogens (tertiary/aromatic N) is 4. The van der Waals surface area contributed by atoms with E-state index in [2.05, 4.69) is 24.8 Å². The minimum Gasteiger partial charge on any atom is -0.396 e. The number of carbonyl (C=O) groups is 3. The monoisotopic (exact) mass is 600 g/mol. The van der Waals surface area contributed by atoms with Crippen molar-refractivity contribution < 1.29 is 19.5 Å². The van der Waals surface area contributed by atoms with Crippen LogP contribution in [-0.4, -0.2) is 82.6 Å². The predicted octanol–water partition coefficient (Wildman–Crippen LogP) is 4.11. The third-order valence-electron chi connectivity index (χ3n) is 9.47. The number of aliphatic hydroxyl groups excluding tert-OH is 1. The van der Waals surface area contributed by atoms with E-state index in [9.17, 15) is 19.5 Å². The fourth-order valence-electron chi connectivity index (χ4n) is 7.51. The van der Waals surface area contributed by atoms with Crippen molar-refractivity contribution in [1.29, 1.82) is 0 Å². The number of para-hydroxylation sites is 1. The van der Waals surface area contributed by atoms with Gasteiger partial charge in [0, 0.05) is 61.1 Å². The Labute approximate surface area is 258 Å². The van der Waals surface area contributed by atoms with Crippen molar-refractivity contribution in [3.05, 3.63) is 78.9 Å². The lowest BCUT2D eigenvalue weighted by Gasteiger charge is -2.37. The van der Waals surface area contributed by atoms with Crippen LogP contribution in [0.15, 0.2) is 78.9 Å². The molecule has 4 aliphatic heterocycles. The number of hydrogen-bond donors (Lipinski definition) is 1. The number of benzene rings is 2. The Balaban J connectivity index is 1.41. The molecule has 2 fully saturated rings. The number of thioether (sulfide) groups is 1. The molecule has 0 radical (unpaired) electrons. The minimum atomic E-state index is -0.918. The number of hydrogen-bond acceptors (Lipinski definition) is 6. The van der Waals surface area contributed by atoms with Gasteiger partial charge in [-0.15, -0.1) is 11.8 Å². The lowest BCUT2D eigenvalue weighted by Crippen LogP contribution is -2.53. The number of amides is 3. The standard InChI is InChI=1S/C34H40N4O4S/c1-4-35(5-2)24-14-16-26(17-15-24)37-21-10-19-34-28(31(41)38(22-11-23-39)29(34)32(37)42)27-30(40)36(25-12-7-6-8-13-25)20-9-18-33(27,3)43-34/h6-10,12-19,27-29,39H,4-5,11,20-23H2,1-3H3/t27-,28-,29?,33+,34-/m0/s1. The fraction of sp³-hybridized carbons (Fsp3) is 0.441. The maximum Gasteiger partial charge on any atom is 0.251 e. The lowest BCUT2D eigenvalue weighted by atomic mass is 9.74. The van der Waals surface area contributed by atoms with Crippen molar-refractivity contribution in [2.45, 2.75) is 42.7 Å². The van der Waals surface area contributed by atoms with Crippen LogP contribution in [0.4, 0.5) is 17.1 Å². The van der Waals surface area contributed by atoms with Gasteiger partial charge in [-0.2, -0.15) is 0 Å². The molecule has 226 valence electrons. The van der Waals surface area contributed by atoms with Crippen LogP contribution in [0.25, 0.3) is 0 Å². The van der Waals surface area contributed by atoms with Crippen molar-refractivity contribution in [2.75, 3.05) is 54.0 Å². The van der Waals surface area contributed by atoms with Crippen LogP contribution < -0.4 is 14.7 Å². The predicted molar refractivity (Wildman–Crippen MR) is 172 cm³/mol. The Morgan fingerprint density at radius 2 is 1.47 bits per heavy atom. The molecule has 1 spiro atoms. The van der Waals surface area contributed by atoms with Crippen LogP contribution in [0.1, 0.15) is 27.2 Å². The first-order valence-electron chi connectivity index (χ1n) is 15.3. The van der Waals surface area contributed by atoms with Crippen LogP contribution >= 0.6 is 11.8 Å². The number of carbonyl (C=O) groups excluding carboxylic acids is 3. The molecule has 0 aliphatic carbocycles. The second-order valence-electron chi connectivity index (χ2n) is 11.8. The van der Waals surface area contributed by atoms with Crippen molar-refractivity contribution >= 4 is 46.5 Å². The minimum absolute atomic E-state index is 0.0908. The van der Waals surface area contributed by atoms with Gasteiger partial charge in [0.25, 0.3) is 5.91 Å². The van der Waals surface area contributed by atoms with Crippen molar-refractivity contribution in [2.24, 2.45) is 11.8 Å². The smallest absolute Gasteiger partial charge is 0.251 e. The zero-order valence-electron chi connectivity index (χ0n) is 25.1. The summed E-state index contributed by atoms with van der Waals surface area (Å²) in [4.78, 5) is 51.0. The molecule has 0 aromatic heterocycles. The molecule has 0 bridgehead atoms. The summed E-state index contributed by atoms with van der Waals surface area (Å²) in [6, 6.07) is 16.8. The van der Waals surface area contributed by atoms with Crippen LogP contribution in [0.2, 0.25) is 0 Å². The number of likely N-dealkylation sites (tertiary alicyclic amines) is 1. The summed E-state index contributed by atoms with van der Waals surface area (Å²) in [6.45, 7) is 9.01. The molecule has 3 amide bonds. The van der Waals surface area contributed by atoms with E-state index < -0.39 is 27.4 Å². The van der Waals surface area contributed by atoms with E-state index in [4.69, 9.17) is 0 Å². The Morgan fingerprint density at radius 1 is 0.837 bits per heavy atom. The van der Waals surface area contributed by atoms with Crippen LogP contribution in [0, 0.1) is 11.8 Å². The van der Waals surface area contributed by atoms with Crippen molar-refractivity contribution in [3.8, 4) is 0 Å². The Kier molecular flexibility index (Phi) is 7.89. The molecule has 2 saturated heterocycles. The van der Waals surface area contributed by atoms with Gasteiger partial charge in [-0.25, -0.2) is 0 Å². The number of anilines is 3. The van der Waals surface area contributed by atoms with Gasteiger partial charge >= 0.3 is 0 Å². The van der Waals surface area contributed by atoms with Gasteiger partial charge in [0.05, 0.1) is 16.6 Å². The third kappa shape index (κ3) is 4.68. The summed E-state index contributed by atoms with van der Waals surface area (Å²) in [5.41, 5.74) is 2.66. The van der Waals surface area contributed by atoms with Crippen LogP contribution in [0.3, 0.4) is 0 Å². The maximum atomic E-state index is 14.7. The highest BCUT2D eigenvalue weighted by atomic mass is 32.2. The normalized spacial score (nSPS) is 29.8. The molecule has 4 heterocycles. The number of aliphatic hydroxyl groups is 1. The van der Waals surface area contributed by atoms with E-state index >= 15 is 0 Å². The molecular weight excluding hydrogens is 560 g/mol.